The van der Waals surface area contributed by atoms with E-state index in [0.29, 0.717) is 32.4 Å². The molecular formula is C12H22N2O2S. The van der Waals surface area contributed by atoms with Crippen molar-refractivity contribution in [2.24, 2.45) is 11.7 Å². The van der Waals surface area contributed by atoms with Crippen molar-refractivity contribution in [2.45, 2.75) is 45.1 Å². The predicted molar refractivity (Wildman–Crippen MR) is 71.6 cm³/mol. The average Bonchev–Trinajstić information content (AvgIpc) is 2.24. The van der Waals surface area contributed by atoms with Crippen molar-refractivity contribution in [1.82, 2.24) is 4.90 Å². The summed E-state index contributed by atoms with van der Waals surface area (Å²) in [5, 5.41) is 9.84. The number of nitrogens with zero attached hydrogens (tertiary/aromatic N) is 1. The highest BCUT2D eigenvalue weighted by molar-refractivity contribution is 7.80. The van der Waals surface area contributed by atoms with Gasteiger partial charge in [-0.1, -0.05) is 25.6 Å². The topological polar surface area (TPSA) is 66.6 Å². The highest BCUT2D eigenvalue weighted by Gasteiger charge is 2.33. The van der Waals surface area contributed by atoms with Crippen LogP contribution in [-0.4, -0.2) is 39.6 Å². The number of nitrogens with two attached hydrogens (primary N) is 1. The summed E-state index contributed by atoms with van der Waals surface area (Å²) in [4.78, 5) is 14.3. The fourth-order valence-corrected chi connectivity index (χ4v) is 2.32. The normalized spacial score (nSPS) is 21.0. The molecule has 0 radical (unpaired) electrons. The number of piperidine rings is 1. The lowest BCUT2D eigenvalue weighted by atomic mass is 9.92. The summed E-state index contributed by atoms with van der Waals surface area (Å²) in [6.07, 6.45) is 2.84. The van der Waals surface area contributed by atoms with Gasteiger partial charge in [0, 0.05) is 13.1 Å². The molecule has 4 nitrogen and oxygen atoms in total. The summed E-state index contributed by atoms with van der Waals surface area (Å²) >= 11 is 4.95. The molecular weight excluding hydrogens is 236 g/mol. The maximum atomic E-state index is 12.2. The van der Waals surface area contributed by atoms with Crippen molar-refractivity contribution in [3.63, 3.8) is 0 Å². The van der Waals surface area contributed by atoms with E-state index in [1.54, 1.807) is 4.90 Å². The minimum absolute atomic E-state index is 0.0230. The summed E-state index contributed by atoms with van der Waals surface area (Å²) < 4.78 is 0. The molecule has 0 aromatic heterocycles. The van der Waals surface area contributed by atoms with Gasteiger partial charge in [-0.05, 0) is 26.2 Å². The molecule has 0 bridgehead atoms. The molecule has 1 aliphatic rings. The van der Waals surface area contributed by atoms with Gasteiger partial charge in [0.25, 0.3) is 0 Å². The minimum atomic E-state index is -0.639. The smallest absolute Gasteiger partial charge is 0.232 e. The largest absolute Gasteiger partial charge is 0.393 e. The third-order valence-corrected chi connectivity index (χ3v) is 3.66. The third kappa shape index (κ3) is 3.92. The Morgan fingerprint density at radius 3 is 2.47 bits per heavy atom. The van der Waals surface area contributed by atoms with E-state index in [1.807, 2.05) is 13.8 Å². The molecule has 1 unspecified atom stereocenters. The van der Waals surface area contributed by atoms with E-state index in [1.165, 1.54) is 0 Å². The van der Waals surface area contributed by atoms with Crippen LogP contribution in [0, 0.1) is 5.92 Å². The fraction of sp³-hybridized carbons (Fsp3) is 0.833. The van der Waals surface area contributed by atoms with E-state index >= 15 is 0 Å². The van der Waals surface area contributed by atoms with Gasteiger partial charge in [0.15, 0.2) is 0 Å². The molecule has 1 amide bonds. The highest BCUT2D eigenvalue weighted by atomic mass is 32.1. The standard InChI is InChI=1S/C12H22N2O2S/c1-3-4-9(10(13)17)11(15)14-7-5-12(2,16)6-8-14/h9,16H,3-8H2,1-2H3,(H2,13,17). The molecule has 1 saturated heterocycles. The van der Waals surface area contributed by atoms with Gasteiger partial charge in [0.05, 0.1) is 16.5 Å². The molecule has 1 aliphatic heterocycles. The molecule has 0 saturated carbocycles. The van der Waals surface area contributed by atoms with E-state index in [9.17, 15) is 9.90 Å². The highest BCUT2D eigenvalue weighted by Crippen LogP contribution is 2.23. The molecule has 3 N–H and O–H groups in total. The summed E-state index contributed by atoms with van der Waals surface area (Å²) in [5.41, 5.74) is 4.98. The monoisotopic (exact) mass is 258 g/mol. The molecule has 1 heterocycles. The Bertz CT molecular complexity index is 295. The number of carbonyl (C=O) groups is 1. The van der Waals surface area contributed by atoms with Crippen LogP contribution in [0.2, 0.25) is 0 Å². The van der Waals surface area contributed by atoms with Crippen molar-refractivity contribution < 1.29 is 9.90 Å². The van der Waals surface area contributed by atoms with Crippen LogP contribution in [0.3, 0.4) is 0 Å². The first-order valence-electron chi connectivity index (χ1n) is 6.18. The van der Waals surface area contributed by atoms with Crippen LogP contribution < -0.4 is 5.73 Å². The molecule has 0 spiro atoms. The number of thiocarbonyl (C=S) groups is 1. The SMILES string of the molecule is CCCC(C(=O)N1CCC(C)(O)CC1)C(N)=S. The van der Waals surface area contributed by atoms with E-state index < -0.39 is 5.60 Å². The zero-order chi connectivity index (χ0) is 13.1. The zero-order valence-corrected chi connectivity index (χ0v) is 11.4. The second-order valence-corrected chi connectivity index (χ2v) is 5.54. The quantitative estimate of drug-likeness (QED) is 0.740. The van der Waals surface area contributed by atoms with Crippen molar-refractivity contribution in [2.75, 3.05) is 13.1 Å². The second-order valence-electron chi connectivity index (χ2n) is 5.07. The third-order valence-electron chi connectivity index (χ3n) is 3.37. The number of likely N-dealkylation sites (tertiary alicyclic amines) is 1. The van der Waals surface area contributed by atoms with Crippen LogP contribution in [0.25, 0.3) is 0 Å². The first kappa shape index (κ1) is 14.4. The Kier molecular flexibility index (Phi) is 4.89. The molecule has 0 aliphatic carbocycles. The molecule has 0 aromatic rings. The van der Waals surface area contributed by atoms with Gasteiger partial charge in [0.2, 0.25) is 5.91 Å². The summed E-state index contributed by atoms with van der Waals surface area (Å²) in [7, 11) is 0. The van der Waals surface area contributed by atoms with Gasteiger partial charge in [-0.15, -0.1) is 0 Å². The van der Waals surface area contributed by atoms with E-state index in [-0.39, 0.29) is 16.8 Å². The Hall–Kier alpha value is -0.680. The molecule has 0 aromatic carbocycles. The maximum absolute atomic E-state index is 12.2. The number of aliphatic hydroxyl groups is 1. The van der Waals surface area contributed by atoms with Gasteiger partial charge in [-0.3, -0.25) is 4.79 Å². The minimum Gasteiger partial charge on any atom is -0.393 e. The van der Waals surface area contributed by atoms with Gasteiger partial charge in [-0.25, -0.2) is 0 Å². The molecule has 5 heteroatoms. The number of hydrogen-bond donors (Lipinski definition) is 2. The van der Waals surface area contributed by atoms with Gasteiger partial charge < -0.3 is 15.7 Å². The Balaban J connectivity index is 2.60. The zero-order valence-electron chi connectivity index (χ0n) is 10.6. The van der Waals surface area contributed by atoms with Crippen molar-refractivity contribution >= 4 is 23.1 Å². The van der Waals surface area contributed by atoms with E-state index in [4.69, 9.17) is 18.0 Å². The van der Waals surface area contributed by atoms with Crippen LogP contribution in [0.4, 0.5) is 0 Å². The van der Waals surface area contributed by atoms with E-state index in [0.717, 1.165) is 6.42 Å². The summed E-state index contributed by atoms with van der Waals surface area (Å²) in [6.45, 7) is 5.01. The Morgan fingerprint density at radius 2 is 2.06 bits per heavy atom. The number of rotatable bonds is 4. The Labute approximate surface area is 108 Å². The number of carbonyl (C=O) groups excluding carboxylic acids is 1. The Morgan fingerprint density at radius 1 is 1.53 bits per heavy atom. The molecule has 1 atom stereocenters. The lowest BCUT2D eigenvalue weighted by molar-refractivity contribution is -0.137. The van der Waals surface area contributed by atoms with Crippen molar-refractivity contribution in [1.29, 1.82) is 0 Å². The van der Waals surface area contributed by atoms with Crippen molar-refractivity contribution in [3.8, 4) is 0 Å². The van der Waals surface area contributed by atoms with Gasteiger partial charge in [-0.2, -0.15) is 0 Å². The molecule has 1 rings (SSSR count). The first-order valence-corrected chi connectivity index (χ1v) is 6.58. The van der Waals surface area contributed by atoms with Crippen LogP contribution in [-0.2, 0) is 4.79 Å². The predicted octanol–water partition coefficient (Wildman–Crippen LogP) is 1.06. The van der Waals surface area contributed by atoms with Crippen molar-refractivity contribution in [3.05, 3.63) is 0 Å². The molecule has 98 valence electrons. The van der Waals surface area contributed by atoms with Gasteiger partial charge >= 0.3 is 0 Å². The number of hydrogen-bond acceptors (Lipinski definition) is 3. The maximum Gasteiger partial charge on any atom is 0.232 e. The second kappa shape index (κ2) is 5.78. The lowest BCUT2D eigenvalue weighted by Crippen LogP contribution is -2.49. The van der Waals surface area contributed by atoms with Gasteiger partial charge in [0.1, 0.15) is 0 Å². The fourth-order valence-electron chi connectivity index (χ4n) is 2.11. The van der Waals surface area contributed by atoms with Crippen LogP contribution in [0.15, 0.2) is 0 Å². The number of amides is 1. The van der Waals surface area contributed by atoms with E-state index in [2.05, 4.69) is 0 Å². The first-order chi connectivity index (χ1) is 7.87. The lowest BCUT2D eigenvalue weighted by Gasteiger charge is -2.37. The molecule has 17 heavy (non-hydrogen) atoms. The summed E-state index contributed by atoms with van der Waals surface area (Å²) in [5.74, 6) is -0.312. The van der Waals surface area contributed by atoms with Crippen LogP contribution >= 0.6 is 12.2 Å². The van der Waals surface area contributed by atoms with Crippen LogP contribution in [0.5, 0.6) is 0 Å². The molecule has 1 fully saturated rings. The summed E-state index contributed by atoms with van der Waals surface area (Å²) in [6, 6.07) is 0. The average molecular weight is 258 g/mol. The van der Waals surface area contributed by atoms with Crippen LogP contribution in [0.1, 0.15) is 39.5 Å².